The van der Waals surface area contributed by atoms with Crippen LogP contribution in [0.2, 0.25) is 0 Å². The molecule has 0 aliphatic carbocycles. The van der Waals surface area contributed by atoms with Gasteiger partial charge in [0.25, 0.3) is 0 Å². The van der Waals surface area contributed by atoms with Gasteiger partial charge in [0.2, 0.25) is 0 Å². The van der Waals surface area contributed by atoms with E-state index in [0.29, 0.717) is 19.0 Å². The van der Waals surface area contributed by atoms with Crippen LogP contribution in [0.15, 0.2) is 46.9 Å². The van der Waals surface area contributed by atoms with E-state index in [9.17, 15) is 8.42 Å². The van der Waals surface area contributed by atoms with Gasteiger partial charge in [-0.3, -0.25) is 4.90 Å². The topological polar surface area (TPSA) is 74.4 Å². The summed E-state index contributed by atoms with van der Waals surface area (Å²) >= 11 is 3.86. The number of rotatable bonds is 6. The third-order valence-corrected chi connectivity index (χ3v) is 9.16. The molecule has 2 saturated heterocycles. The molecule has 0 bridgehead atoms. The van der Waals surface area contributed by atoms with Crippen molar-refractivity contribution < 1.29 is 13.2 Å². The van der Waals surface area contributed by atoms with E-state index in [1.54, 1.807) is 0 Å². The molecule has 33 heavy (non-hydrogen) atoms. The van der Waals surface area contributed by atoms with Gasteiger partial charge in [0, 0.05) is 44.8 Å². The van der Waals surface area contributed by atoms with E-state index in [0.717, 1.165) is 71.5 Å². The van der Waals surface area contributed by atoms with Crippen LogP contribution in [-0.4, -0.2) is 62.7 Å². The summed E-state index contributed by atoms with van der Waals surface area (Å²) in [5.74, 6) is 1.10. The number of sulfone groups is 1. The van der Waals surface area contributed by atoms with Crippen LogP contribution in [-0.2, 0) is 21.1 Å². The number of hydrogen-bond donors (Lipinski definition) is 2. The minimum atomic E-state index is -2.88. The quantitative estimate of drug-likeness (QED) is 0.483. The lowest BCUT2D eigenvalue weighted by Crippen LogP contribution is -2.39. The van der Waals surface area contributed by atoms with Crippen molar-refractivity contribution in [2.45, 2.75) is 19.4 Å². The summed E-state index contributed by atoms with van der Waals surface area (Å²) in [5, 5.41) is 4.86. The molecule has 0 unspecified atom stereocenters. The van der Waals surface area contributed by atoms with Gasteiger partial charge >= 0.3 is 0 Å². The Kier molecular flexibility index (Phi) is 6.79. The maximum absolute atomic E-state index is 11.8. The van der Waals surface area contributed by atoms with Crippen LogP contribution in [0.25, 0.3) is 22.2 Å². The molecule has 0 spiro atoms. The zero-order valence-corrected chi connectivity index (χ0v) is 21.1. The molecule has 3 heterocycles. The van der Waals surface area contributed by atoms with Gasteiger partial charge in [-0.15, -0.1) is 0 Å². The second-order valence-electron chi connectivity index (χ2n) is 9.11. The fourth-order valence-corrected chi connectivity index (χ4v) is 6.65. The smallest absolute Gasteiger partial charge is 0.152 e. The Hall–Kier alpha value is -1.87. The van der Waals surface area contributed by atoms with Gasteiger partial charge in [-0.2, -0.15) is 0 Å². The highest BCUT2D eigenvalue weighted by molar-refractivity contribution is 9.10. The number of aromatic amines is 1. The summed E-state index contributed by atoms with van der Waals surface area (Å²) in [6.07, 6.45) is 2.17. The Morgan fingerprint density at radius 2 is 1.82 bits per heavy atom. The van der Waals surface area contributed by atoms with E-state index in [1.807, 2.05) is 18.2 Å². The van der Waals surface area contributed by atoms with E-state index in [2.05, 4.69) is 55.4 Å². The van der Waals surface area contributed by atoms with Crippen molar-refractivity contribution in [3.05, 3.63) is 52.5 Å². The Bertz CT molecular complexity index is 1210. The molecule has 0 saturated carbocycles. The standard InChI is InChI=1S/C25H30BrN3O3S/c26-23-21-14-19(17-29-8-12-33(30,31)13-9-29)15-22(27-16-18-6-10-32-11-7-18)25(21)28-24(23)20-4-2-1-3-5-20/h1-5,14-15,18,27-28H,6-13,16-17H2. The first-order valence-corrected chi connectivity index (χ1v) is 14.2. The fraction of sp³-hybridized carbons (Fsp3) is 0.440. The molecular formula is C25H30BrN3O3S. The molecule has 2 aliphatic rings. The normalized spacial score (nSPS) is 19.7. The summed E-state index contributed by atoms with van der Waals surface area (Å²) in [6, 6.07) is 14.8. The SMILES string of the molecule is O=S1(=O)CCN(Cc2cc(NCC3CCOCC3)c3[nH]c(-c4ccccc4)c(Br)c3c2)CC1. The second kappa shape index (κ2) is 9.78. The molecule has 0 radical (unpaired) electrons. The lowest BCUT2D eigenvalue weighted by molar-refractivity contribution is 0.0699. The fourth-order valence-electron chi connectivity index (χ4n) is 4.73. The first-order valence-electron chi connectivity index (χ1n) is 11.6. The Morgan fingerprint density at radius 1 is 1.09 bits per heavy atom. The summed E-state index contributed by atoms with van der Waals surface area (Å²) in [4.78, 5) is 5.89. The molecule has 2 aliphatic heterocycles. The van der Waals surface area contributed by atoms with Crippen LogP contribution < -0.4 is 5.32 Å². The Balaban J connectivity index is 1.47. The third-order valence-electron chi connectivity index (χ3n) is 6.73. The highest BCUT2D eigenvalue weighted by atomic mass is 79.9. The Labute approximate surface area is 203 Å². The van der Waals surface area contributed by atoms with Crippen molar-refractivity contribution in [3.8, 4) is 11.3 Å². The minimum Gasteiger partial charge on any atom is -0.383 e. The molecule has 2 fully saturated rings. The van der Waals surface area contributed by atoms with E-state index >= 15 is 0 Å². The number of nitrogens with one attached hydrogen (secondary N) is 2. The van der Waals surface area contributed by atoms with Crippen molar-refractivity contribution in [2.24, 2.45) is 5.92 Å². The zero-order chi connectivity index (χ0) is 22.8. The molecular weight excluding hydrogens is 502 g/mol. The molecule has 0 amide bonds. The first kappa shape index (κ1) is 22.9. The molecule has 176 valence electrons. The summed E-state index contributed by atoms with van der Waals surface area (Å²) in [7, 11) is -2.88. The van der Waals surface area contributed by atoms with Gasteiger partial charge in [0.15, 0.2) is 9.84 Å². The number of ether oxygens (including phenoxy) is 1. The summed E-state index contributed by atoms with van der Waals surface area (Å²) in [5.41, 5.74) is 5.59. The van der Waals surface area contributed by atoms with Crippen LogP contribution >= 0.6 is 15.9 Å². The number of anilines is 1. The monoisotopic (exact) mass is 531 g/mol. The molecule has 2 aromatic carbocycles. The lowest BCUT2D eigenvalue weighted by Gasteiger charge is -2.27. The highest BCUT2D eigenvalue weighted by Gasteiger charge is 2.23. The molecule has 6 nitrogen and oxygen atoms in total. The zero-order valence-electron chi connectivity index (χ0n) is 18.6. The van der Waals surface area contributed by atoms with Crippen molar-refractivity contribution in [2.75, 3.05) is 49.7 Å². The molecule has 8 heteroatoms. The molecule has 0 atom stereocenters. The van der Waals surface area contributed by atoms with Gasteiger partial charge < -0.3 is 15.0 Å². The molecule has 1 aromatic heterocycles. The van der Waals surface area contributed by atoms with Gasteiger partial charge in [0.1, 0.15) is 0 Å². The van der Waals surface area contributed by atoms with Crippen LogP contribution in [0.4, 0.5) is 5.69 Å². The van der Waals surface area contributed by atoms with Crippen molar-refractivity contribution in [3.63, 3.8) is 0 Å². The average Bonchev–Trinajstić information content (AvgIpc) is 3.17. The van der Waals surface area contributed by atoms with Crippen molar-refractivity contribution in [1.82, 2.24) is 9.88 Å². The molecule has 5 rings (SSSR count). The first-order chi connectivity index (χ1) is 16.0. The number of nitrogens with zero attached hydrogens (tertiary/aromatic N) is 1. The maximum atomic E-state index is 11.8. The maximum Gasteiger partial charge on any atom is 0.152 e. The van der Waals surface area contributed by atoms with Gasteiger partial charge in [-0.1, -0.05) is 30.3 Å². The number of aromatic nitrogens is 1. The third kappa shape index (κ3) is 5.29. The number of halogens is 1. The molecule has 3 aromatic rings. The Morgan fingerprint density at radius 3 is 2.55 bits per heavy atom. The predicted molar refractivity (Wildman–Crippen MR) is 137 cm³/mol. The predicted octanol–water partition coefficient (Wildman–Crippen LogP) is 4.67. The average molecular weight is 533 g/mol. The summed E-state index contributed by atoms with van der Waals surface area (Å²) in [6.45, 7) is 4.53. The minimum absolute atomic E-state index is 0.246. The van der Waals surface area contributed by atoms with Gasteiger partial charge in [0.05, 0.1) is 32.9 Å². The molecule has 2 N–H and O–H groups in total. The van der Waals surface area contributed by atoms with E-state index < -0.39 is 9.84 Å². The van der Waals surface area contributed by atoms with Crippen LogP contribution in [0.5, 0.6) is 0 Å². The van der Waals surface area contributed by atoms with E-state index in [4.69, 9.17) is 4.74 Å². The van der Waals surface area contributed by atoms with Gasteiger partial charge in [-0.25, -0.2) is 8.42 Å². The number of fused-ring (bicyclic) bond motifs is 1. The van der Waals surface area contributed by atoms with E-state index in [1.165, 1.54) is 5.56 Å². The van der Waals surface area contributed by atoms with Crippen LogP contribution in [0.1, 0.15) is 18.4 Å². The van der Waals surface area contributed by atoms with Gasteiger partial charge in [-0.05, 0) is 57.9 Å². The largest absolute Gasteiger partial charge is 0.383 e. The second-order valence-corrected chi connectivity index (χ2v) is 12.2. The summed E-state index contributed by atoms with van der Waals surface area (Å²) < 4.78 is 30.3. The number of benzene rings is 2. The van der Waals surface area contributed by atoms with Crippen LogP contribution in [0.3, 0.4) is 0 Å². The van der Waals surface area contributed by atoms with Crippen molar-refractivity contribution >= 4 is 42.4 Å². The van der Waals surface area contributed by atoms with Crippen molar-refractivity contribution in [1.29, 1.82) is 0 Å². The number of hydrogen-bond acceptors (Lipinski definition) is 5. The van der Waals surface area contributed by atoms with E-state index in [-0.39, 0.29) is 11.5 Å². The number of H-pyrrole nitrogens is 1. The van der Waals surface area contributed by atoms with Crippen LogP contribution in [0, 0.1) is 5.92 Å². The highest BCUT2D eigenvalue weighted by Crippen LogP contribution is 2.39. The lowest BCUT2D eigenvalue weighted by atomic mass is 10.00.